The first-order chi connectivity index (χ1) is 15.9. The molecule has 33 heavy (non-hydrogen) atoms. The molecule has 0 saturated heterocycles. The van der Waals surface area contributed by atoms with Gasteiger partial charge in [0, 0.05) is 32.9 Å². The summed E-state index contributed by atoms with van der Waals surface area (Å²) in [6.07, 6.45) is 0.891. The van der Waals surface area contributed by atoms with Crippen LogP contribution in [0.25, 0.3) is 22.4 Å². The summed E-state index contributed by atoms with van der Waals surface area (Å²) in [5.41, 5.74) is 4.18. The molecule has 0 amide bonds. The van der Waals surface area contributed by atoms with Gasteiger partial charge in [0.15, 0.2) is 6.79 Å². The predicted molar refractivity (Wildman–Crippen MR) is 137 cm³/mol. The van der Waals surface area contributed by atoms with Gasteiger partial charge in [-0.1, -0.05) is 50.0 Å². The Morgan fingerprint density at radius 1 is 0.939 bits per heavy atom. The zero-order valence-corrected chi connectivity index (χ0v) is 20.6. The molecule has 6 heteroatoms. The molecular formula is C27H32N2O3Si. The van der Waals surface area contributed by atoms with E-state index < -0.39 is 8.07 Å². The summed E-state index contributed by atoms with van der Waals surface area (Å²) in [7, 11) is -1.11. The van der Waals surface area contributed by atoms with Gasteiger partial charge in [-0.25, -0.2) is 4.98 Å². The minimum Gasteiger partial charge on any atom is -0.508 e. The minimum absolute atomic E-state index is 0.246. The lowest BCUT2D eigenvalue weighted by Gasteiger charge is -2.15. The molecule has 1 aromatic heterocycles. The number of phenolic OH excluding ortho intramolecular Hbond substituents is 1. The molecule has 0 aliphatic carbocycles. The fraction of sp³-hybridized carbons (Fsp3) is 0.296. The topological polar surface area (TPSA) is 56.5 Å². The van der Waals surface area contributed by atoms with Crippen molar-refractivity contribution in [3.8, 4) is 22.9 Å². The van der Waals surface area contributed by atoms with Crippen LogP contribution in [-0.4, -0.2) is 36.1 Å². The van der Waals surface area contributed by atoms with Crippen molar-refractivity contribution in [2.45, 2.75) is 38.7 Å². The molecule has 1 N–H and O–H groups in total. The average Bonchev–Trinajstić information content (AvgIpc) is 3.15. The number of imidazole rings is 1. The van der Waals surface area contributed by atoms with Crippen molar-refractivity contribution >= 4 is 19.1 Å². The van der Waals surface area contributed by atoms with Gasteiger partial charge in [-0.2, -0.15) is 0 Å². The van der Waals surface area contributed by atoms with Crippen LogP contribution in [0.5, 0.6) is 11.5 Å². The predicted octanol–water partition coefficient (Wildman–Crippen LogP) is 6.34. The Morgan fingerprint density at radius 2 is 1.70 bits per heavy atom. The first-order valence-corrected chi connectivity index (χ1v) is 15.1. The van der Waals surface area contributed by atoms with Crippen LogP contribution < -0.4 is 4.74 Å². The number of hydrogen-bond donors (Lipinski definition) is 1. The third-order valence-corrected chi connectivity index (χ3v) is 7.32. The van der Waals surface area contributed by atoms with E-state index in [1.165, 1.54) is 5.56 Å². The highest BCUT2D eigenvalue weighted by Gasteiger charge is 2.15. The quantitative estimate of drug-likeness (QED) is 0.170. The first kappa shape index (κ1) is 23.1. The van der Waals surface area contributed by atoms with Gasteiger partial charge < -0.3 is 19.1 Å². The molecule has 0 atom stereocenters. The first-order valence-electron chi connectivity index (χ1n) is 11.4. The van der Waals surface area contributed by atoms with Crippen LogP contribution in [0.2, 0.25) is 25.7 Å². The third-order valence-electron chi connectivity index (χ3n) is 5.62. The van der Waals surface area contributed by atoms with Gasteiger partial charge >= 0.3 is 0 Å². The second kappa shape index (κ2) is 10.2. The van der Waals surface area contributed by atoms with Crippen molar-refractivity contribution in [3.05, 3.63) is 78.4 Å². The molecule has 172 valence electrons. The van der Waals surface area contributed by atoms with Gasteiger partial charge in [0.05, 0.1) is 11.0 Å². The maximum atomic E-state index is 9.71. The highest BCUT2D eigenvalue weighted by molar-refractivity contribution is 6.76. The monoisotopic (exact) mass is 460 g/mol. The van der Waals surface area contributed by atoms with Crippen molar-refractivity contribution in [3.63, 3.8) is 0 Å². The Morgan fingerprint density at radius 3 is 2.42 bits per heavy atom. The highest BCUT2D eigenvalue weighted by atomic mass is 28.3. The van der Waals surface area contributed by atoms with Crippen molar-refractivity contribution in [1.29, 1.82) is 0 Å². The van der Waals surface area contributed by atoms with E-state index in [1.807, 2.05) is 36.4 Å². The molecule has 5 nitrogen and oxygen atoms in total. The van der Waals surface area contributed by atoms with Crippen molar-refractivity contribution in [2.75, 3.05) is 13.4 Å². The Bertz CT molecular complexity index is 1180. The van der Waals surface area contributed by atoms with E-state index in [4.69, 9.17) is 14.5 Å². The summed E-state index contributed by atoms with van der Waals surface area (Å²) in [6, 6.07) is 24.8. The molecule has 3 aromatic carbocycles. The van der Waals surface area contributed by atoms with Gasteiger partial charge in [0.2, 0.25) is 0 Å². The van der Waals surface area contributed by atoms with Gasteiger partial charge in [-0.3, -0.25) is 0 Å². The highest BCUT2D eigenvalue weighted by Crippen LogP contribution is 2.29. The normalized spacial score (nSPS) is 11.7. The van der Waals surface area contributed by atoms with Crippen LogP contribution in [0.4, 0.5) is 0 Å². The van der Waals surface area contributed by atoms with Crippen LogP contribution in [0.3, 0.4) is 0 Å². The summed E-state index contributed by atoms with van der Waals surface area (Å²) >= 11 is 0. The van der Waals surface area contributed by atoms with Crippen LogP contribution in [0.15, 0.2) is 72.8 Å². The Hall–Kier alpha value is -3.09. The molecule has 0 fully saturated rings. The number of phenols is 1. The fourth-order valence-corrected chi connectivity index (χ4v) is 4.44. The average molecular weight is 461 g/mol. The maximum absolute atomic E-state index is 9.71. The van der Waals surface area contributed by atoms with Gasteiger partial charge in [-0.15, -0.1) is 0 Å². The molecule has 0 aliphatic heterocycles. The zero-order valence-electron chi connectivity index (χ0n) is 19.6. The number of fused-ring (bicyclic) bond motifs is 1. The zero-order chi connectivity index (χ0) is 23.3. The van der Waals surface area contributed by atoms with Crippen LogP contribution in [-0.2, 0) is 17.7 Å². The molecule has 0 radical (unpaired) electrons. The van der Waals surface area contributed by atoms with Gasteiger partial charge in [0.25, 0.3) is 0 Å². The molecule has 0 aliphatic rings. The van der Waals surface area contributed by atoms with Crippen LogP contribution >= 0.6 is 0 Å². The van der Waals surface area contributed by atoms with E-state index in [9.17, 15) is 5.11 Å². The lowest BCUT2D eigenvalue weighted by molar-refractivity contribution is 0.0221. The van der Waals surface area contributed by atoms with Crippen molar-refractivity contribution < 1.29 is 14.6 Å². The molecule has 4 aromatic rings. The van der Waals surface area contributed by atoms with Gasteiger partial charge in [0.1, 0.15) is 17.3 Å². The van der Waals surface area contributed by atoms with Crippen LogP contribution in [0, 0.1) is 0 Å². The molecular weight excluding hydrogens is 428 g/mol. The lowest BCUT2D eigenvalue weighted by Crippen LogP contribution is -2.22. The Balaban J connectivity index is 1.58. The molecule has 4 rings (SSSR count). The molecule has 0 saturated carbocycles. The second-order valence-electron chi connectivity index (χ2n) is 9.50. The standard InChI is InChI=1S/C27H32N2O3Si/c1-33(2,3)18-17-31-20-32-24-13-14-25-26(19-24)29(16-15-21-7-5-4-6-8-21)27(28-25)22-9-11-23(30)12-10-22/h4-14,19,30H,15-18,20H2,1-3H3. The summed E-state index contributed by atoms with van der Waals surface area (Å²) in [5.74, 6) is 1.90. The van der Waals surface area contributed by atoms with Crippen molar-refractivity contribution in [1.82, 2.24) is 9.55 Å². The van der Waals surface area contributed by atoms with E-state index >= 15 is 0 Å². The van der Waals surface area contributed by atoms with E-state index in [0.29, 0.717) is 0 Å². The number of hydrogen-bond acceptors (Lipinski definition) is 4. The lowest BCUT2D eigenvalue weighted by atomic mass is 10.1. The second-order valence-corrected chi connectivity index (χ2v) is 15.1. The Labute approximate surface area is 196 Å². The largest absolute Gasteiger partial charge is 0.508 e. The van der Waals surface area contributed by atoms with E-state index in [0.717, 1.165) is 53.8 Å². The number of aromatic nitrogens is 2. The number of ether oxygens (including phenoxy) is 2. The number of aryl methyl sites for hydroxylation is 2. The minimum atomic E-state index is -1.11. The summed E-state index contributed by atoms with van der Waals surface area (Å²) < 4.78 is 13.8. The number of rotatable bonds is 10. The third kappa shape index (κ3) is 6.24. The van der Waals surface area contributed by atoms with Gasteiger partial charge in [-0.05, 0) is 54.4 Å². The molecule has 1 heterocycles. The SMILES string of the molecule is C[Si](C)(C)CCOCOc1ccc2nc(-c3ccc(O)cc3)n(CCc3ccccc3)c2c1. The van der Waals surface area contributed by atoms with E-state index in [1.54, 1.807) is 12.1 Å². The molecule has 0 unspecified atom stereocenters. The van der Waals surface area contributed by atoms with Crippen LogP contribution in [0.1, 0.15) is 5.56 Å². The molecule has 0 bridgehead atoms. The van der Waals surface area contributed by atoms with E-state index in [-0.39, 0.29) is 12.5 Å². The number of nitrogens with zero attached hydrogens (tertiary/aromatic N) is 2. The summed E-state index contributed by atoms with van der Waals surface area (Å²) in [4.78, 5) is 4.90. The fourth-order valence-electron chi connectivity index (χ4n) is 3.68. The molecule has 0 spiro atoms. The summed E-state index contributed by atoms with van der Waals surface area (Å²) in [6.45, 7) is 8.79. The Kier molecular flexibility index (Phi) is 7.16. The number of benzene rings is 3. The maximum Gasteiger partial charge on any atom is 0.189 e. The van der Waals surface area contributed by atoms with Crippen molar-refractivity contribution in [2.24, 2.45) is 0 Å². The van der Waals surface area contributed by atoms with E-state index in [2.05, 4.69) is 48.5 Å². The number of aromatic hydroxyl groups is 1. The summed E-state index contributed by atoms with van der Waals surface area (Å²) in [5, 5.41) is 9.71. The smallest absolute Gasteiger partial charge is 0.189 e.